The van der Waals surface area contributed by atoms with E-state index in [1.54, 1.807) is 44.2 Å². The van der Waals surface area contributed by atoms with Gasteiger partial charge in [0.2, 0.25) is 47.3 Å². The lowest BCUT2D eigenvalue weighted by Gasteiger charge is -2.28. The van der Waals surface area contributed by atoms with Crippen molar-refractivity contribution in [2.75, 3.05) is 58.6 Å². The summed E-state index contributed by atoms with van der Waals surface area (Å²) in [6, 6.07) is -1.15. The minimum atomic E-state index is -3.69. The zero-order valence-electron chi connectivity index (χ0n) is 54.0. The molecule has 1 aromatic carbocycles. The molecule has 8 amide bonds. The van der Waals surface area contributed by atoms with Gasteiger partial charge >= 0.3 is 7.60 Å². The van der Waals surface area contributed by atoms with Crippen LogP contribution in [0.5, 0.6) is 0 Å². The molecule has 0 bridgehead atoms. The van der Waals surface area contributed by atoms with Crippen molar-refractivity contribution in [2.24, 2.45) is 52.3 Å². The van der Waals surface area contributed by atoms with Crippen molar-refractivity contribution >= 4 is 72.2 Å². The SMILES string of the molecule is CCCCOP(=O)(CCC(=O)N[C@@H](CCN)C(=O)C[C@H](C(=O)N[C@@H](CCN)C(=O)C[C@H]1CCNC(=O)[C@H](C(C)O)NC(=O)[C@H](CCN)CC(=O)[C@H](CCN)NC(=O)[C@H](CC(C)C)NC(=O)[C@@H](Cc2ccccc2)NC(=O)[C@H](CCN)NC1=O)C(C)O)OCCCC. The van der Waals surface area contributed by atoms with Crippen molar-refractivity contribution in [1.82, 2.24) is 42.5 Å². The lowest BCUT2D eigenvalue weighted by atomic mass is 9.90. The van der Waals surface area contributed by atoms with Gasteiger partial charge in [0.05, 0.1) is 55.6 Å². The number of aliphatic hydroxyl groups excluding tert-OH is 2. The van der Waals surface area contributed by atoms with E-state index in [0.29, 0.717) is 18.4 Å². The molecule has 0 spiro atoms. The Morgan fingerprint density at radius 2 is 1.16 bits per heavy atom. The smallest absolute Gasteiger partial charge is 0.331 e. The second-order valence-corrected chi connectivity index (χ2v) is 25.8. The summed E-state index contributed by atoms with van der Waals surface area (Å²) in [5.41, 5.74) is 30.2. The zero-order chi connectivity index (χ0) is 68.2. The highest BCUT2D eigenvalue weighted by molar-refractivity contribution is 7.53. The van der Waals surface area contributed by atoms with Gasteiger partial charge in [-0.2, -0.15) is 0 Å². The first-order valence-electron chi connectivity index (χ1n) is 32.0. The van der Waals surface area contributed by atoms with Gasteiger partial charge in [0, 0.05) is 50.5 Å². The van der Waals surface area contributed by atoms with Crippen LogP contribution in [0.3, 0.4) is 0 Å². The maximum absolute atomic E-state index is 14.7. The first-order valence-corrected chi connectivity index (χ1v) is 33.7. The Hall–Kier alpha value is -6.14. The van der Waals surface area contributed by atoms with Gasteiger partial charge < -0.3 is 90.5 Å². The Labute approximate surface area is 535 Å². The summed E-state index contributed by atoms with van der Waals surface area (Å²) >= 11 is 0. The molecule has 2 rings (SSSR count). The van der Waals surface area contributed by atoms with Crippen LogP contribution in [0.15, 0.2) is 30.3 Å². The Morgan fingerprint density at radius 1 is 0.637 bits per heavy atom. The van der Waals surface area contributed by atoms with Crippen LogP contribution in [-0.2, 0) is 72.8 Å². The average molecular weight is 1310 g/mol. The normalized spacial score (nSPS) is 22.2. The molecule has 0 saturated carbocycles. The van der Waals surface area contributed by atoms with Gasteiger partial charge in [0.1, 0.15) is 24.2 Å². The van der Waals surface area contributed by atoms with E-state index in [4.69, 9.17) is 37.7 Å². The fourth-order valence-corrected chi connectivity index (χ4v) is 11.6. The Kier molecular flexibility index (Phi) is 38.8. The second-order valence-electron chi connectivity index (χ2n) is 23.6. The summed E-state index contributed by atoms with van der Waals surface area (Å²) in [5, 5.41) is 42.8. The summed E-state index contributed by atoms with van der Waals surface area (Å²) in [4.78, 5) is 156. The molecule has 91 heavy (non-hydrogen) atoms. The number of amides is 8. The molecule has 20 N–H and O–H groups in total. The molecule has 0 aliphatic carbocycles. The average Bonchev–Trinajstić information content (AvgIpc) is 1.71. The van der Waals surface area contributed by atoms with Crippen LogP contribution in [-0.4, -0.2) is 188 Å². The summed E-state index contributed by atoms with van der Waals surface area (Å²) < 4.78 is 24.7. The fraction of sp³-hybridized carbons (Fsp3) is 0.721. The number of aliphatic hydroxyl groups is 2. The third-order valence-corrected chi connectivity index (χ3v) is 17.3. The molecule has 516 valence electrons. The maximum Gasteiger partial charge on any atom is 0.331 e. The van der Waals surface area contributed by atoms with Crippen LogP contribution in [0.2, 0.25) is 0 Å². The highest BCUT2D eigenvalue weighted by Crippen LogP contribution is 2.49. The molecule has 0 aromatic heterocycles. The van der Waals surface area contributed by atoms with Gasteiger partial charge in [0.25, 0.3) is 0 Å². The molecule has 1 aliphatic heterocycles. The van der Waals surface area contributed by atoms with E-state index in [1.807, 2.05) is 13.8 Å². The number of hydrogen-bond acceptors (Lipinski definition) is 21. The highest BCUT2D eigenvalue weighted by Gasteiger charge is 2.38. The Balaban J connectivity index is 2.65. The quantitative estimate of drug-likeness (QED) is 0.0272. The summed E-state index contributed by atoms with van der Waals surface area (Å²) in [6.45, 7) is 9.20. The van der Waals surface area contributed by atoms with Crippen molar-refractivity contribution in [2.45, 2.75) is 199 Å². The molecular weight excluding hydrogens is 1200 g/mol. The van der Waals surface area contributed by atoms with Crippen molar-refractivity contribution in [3.63, 3.8) is 0 Å². The molecule has 2 unspecified atom stereocenters. The molecule has 1 aliphatic rings. The minimum absolute atomic E-state index is 0.0626. The van der Waals surface area contributed by atoms with Crippen LogP contribution >= 0.6 is 7.60 Å². The molecule has 1 heterocycles. The lowest BCUT2D eigenvalue weighted by molar-refractivity contribution is -0.137. The van der Waals surface area contributed by atoms with Crippen LogP contribution in [0.25, 0.3) is 0 Å². The standard InChI is InChI=1S/C61H106N13O16P/c1-7-9-29-89-91(88,90-30-10-8-2)31-22-53(80)68-44(17-24-63)52(79)36-43(38(5)75)57(83)69-45(18-25-64)51(78)35-42-21-28-67-61(87)54(39(6)76)74-56(82)41(16-23-62)34-50(77)46(19-26-65)70-59(85)48(32-37(3)4)72-60(86)49(33-40-14-12-11-13-15-40)73-58(84)47(20-27-66)71-55(42)81/h11-15,37-39,41-49,54,75-76H,7-10,16-36,62-66H2,1-6H3,(H,67,87)(H,68,80)(H,69,83)(H,70,85)(H,71,81)(H,72,86)(H,73,84)(H,74,82)/t38?,39?,41-,42-,43+,44+,45+,46+,47+,48+,49-,54+/m1/s1. The number of unbranched alkanes of at least 4 members (excludes halogenated alkanes) is 2. The highest BCUT2D eigenvalue weighted by atomic mass is 31.2. The van der Waals surface area contributed by atoms with E-state index in [2.05, 4.69) is 42.5 Å². The largest absolute Gasteiger partial charge is 0.393 e. The van der Waals surface area contributed by atoms with Crippen molar-refractivity contribution in [3.8, 4) is 0 Å². The molecule has 0 radical (unpaired) electrons. The van der Waals surface area contributed by atoms with Crippen molar-refractivity contribution in [1.29, 1.82) is 0 Å². The van der Waals surface area contributed by atoms with Crippen LogP contribution in [0.1, 0.15) is 143 Å². The molecular formula is C61H106N13O16P. The Morgan fingerprint density at radius 3 is 1.71 bits per heavy atom. The van der Waals surface area contributed by atoms with Gasteiger partial charge in [0.15, 0.2) is 17.3 Å². The number of carbonyl (C=O) groups excluding carboxylic acids is 11. The predicted octanol–water partition coefficient (Wildman–Crippen LogP) is -1.36. The van der Waals surface area contributed by atoms with Gasteiger partial charge in [-0.05, 0) is 116 Å². The van der Waals surface area contributed by atoms with Gasteiger partial charge in [-0.3, -0.25) is 57.3 Å². The zero-order valence-corrected chi connectivity index (χ0v) is 54.9. The summed E-state index contributed by atoms with van der Waals surface area (Å²) in [7, 11) is -3.69. The number of nitrogens with two attached hydrogens (primary N) is 5. The van der Waals surface area contributed by atoms with Crippen LogP contribution < -0.4 is 71.2 Å². The first kappa shape index (κ1) is 81.0. The van der Waals surface area contributed by atoms with Crippen molar-refractivity contribution < 1.29 is 76.6 Å². The lowest BCUT2D eigenvalue weighted by Crippen LogP contribution is -2.59. The van der Waals surface area contributed by atoms with Gasteiger partial charge in [-0.25, -0.2) is 0 Å². The van der Waals surface area contributed by atoms with E-state index in [9.17, 15) is 67.5 Å². The van der Waals surface area contributed by atoms with Crippen LogP contribution in [0, 0.1) is 23.7 Å². The first-order chi connectivity index (χ1) is 43.2. The fourth-order valence-electron chi connectivity index (χ4n) is 10.0. The van der Waals surface area contributed by atoms with E-state index in [0.717, 1.165) is 12.8 Å². The Bertz CT molecular complexity index is 2520. The summed E-state index contributed by atoms with van der Waals surface area (Å²) in [5.74, 6) is -13.2. The second kappa shape index (κ2) is 43.6. The third kappa shape index (κ3) is 30.0. The molecule has 1 aromatic rings. The van der Waals surface area contributed by atoms with E-state index < -0.39 is 170 Å². The van der Waals surface area contributed by atoms with E-state index in [1.165, 1.54) is 13.8 Å². The number of ketones is 3. The third-order valence-electron chi connectivity index (χ3n) is 15.4. The van der Waals surface area contributed by atoms with Gasteiger partial charge in [-0.1, -0.05) is 70.9 Å². The number of benzene rings is 1. The van der Waals surface area contributed by atoms with Crippen molar-refractivity contribution in [3.05, 3.63) is 35.9 Å². The predicted molar refractivity (Wildman–Crippen MR) is 341 cm³/mol. The summed E-state index contributed by atoms with van der Waals surface area (Å²) in [6.07, 6.45) is -3.79. The maximum atomic E-state index is 14.7. The monoisotopic (exact) mass is 1310 g/mol. The van der Waals surface area contributed by atoms with Gasteiger partial charge in [-0.15, -0.1) is 0 Å². The van der Waals surface area contributed by atoms with Crippen LogP contribution in [0.4, 0.5) is 0 Å². The minimum Gasteiger partial charge on any atom is -0.393 e. The molecule has 1 fully saturated rings. The molecule has 30 heteroatoms. The molecule has 12 atom stereocenters. The molecule has 29 nitrogen and oxygen atoms in total. The number of nitrogens with one attached hydrogen (secondary N) is 8. The number of Topliss-reactive ketones (excluding diaryl/α,β-unsaturated/α-hetero) is 3. The van der Waals surface area contributed by atoms with E-state index in [-0.39, 0.29) is 116 Å². The number of carbonyl (C=O) groups is 11. The van der Waals surface area contributed by atoms with E-state index >= 15 is 0 Å². The number of hydrogen-bond donors (Lipinski definition) is 15. The number of rotatable bonds is 36. The molecule has 1 saturated heterocycles. The topological polar surface area (TPSA) is 490 Å².